The summed E-state index contributed by atoms with van der Waals surface area (Å²) in [5.41, 5.74) is 2.03. The van der Waals surface area contributed by atoms with Gasteiger partial charge in [-0.15, -0.1) is 0 Å². The fourth-order valence-corrected chi connectivity index (χ4v) is 3.62. The van der Waals surface area contributed by atoms with Crippen LogP contribution >= 0.6 is 0 Å². The standard InChI is InChI=1S/C14H19NO3S/c1-10-3-8-14(9-11(10)2)19(17,18)15-12-4-6-13(16)7-5-12/h3,8-9,12,15H,4-7H2,1-2H3. The average molecular weight is 281 g/mol. The van der Waals surface area contributed by atoms with Crippen LogP contribution in [0.25, 0.3) is 0 Å². The Morgan fingerprint density at radius 2 is 1.74 bits per heavy atom. The van der Waals surface area contributed by atoms with Crippen molar-refractivity contribution in [2.45, 2.75) is 50.5 Å². The van der Waals surface area contributed by atoms with E-state index in [-0.39, 0.29) is 11.8 Å². The van der Waals surface area contributed by atoms with Crippen molar-refractivity contribution in [3.05, 3.63) is 29.3 Å². The number of aryl methyl sites for hydroxylation is 2. The van der Waals surface area contributed by atoms with Crippen molar-refractivity contribution in [2.75, 3.05) is 0 Å². The largest absolute Gasteiger partial charge is 0.300 e. The van der Waals surface area contributed by atoms with Gasteiger partial charge in [0, 0.05) is 18.9 Å². The molecule has 5 heteroatoms. The molecule has 0 saturated heterocycles. The molecule has 0 atom stereocenters. The van der Waals surface area contributed by atoms with E-state index in [9.17, 15) is 13.2 Å². The van der Waals surface area contributed by atoms with Crippen LogP contribution in [0.15, 0.2) is 23.1 Å². The van der Waals surface area contributed by atoms with Gasteiger partial charge in [0.25, 0.3) is 0 Å². The molecule has 4 nitrogen and oxygen atoms in total. The van der Waals surface area contributed by atoms with Gasteiger partial charge in [-0.05, 0) is 49.9 Å². The first-order chi connectivity index (χ1) is 8.88. The van der Waals surface area contributed by atoms with Crippen LogP contribution in [0.4, 0.5) is 0 Å². The minimum absolute atomic E-state index is 0.121. The second-order valence-electron chi connectivity index (χ2n) is 5.18. The Morgan fingerprint density at radius 3 is 2.32 bits per heavy atom. The van der Waals surface area contributed by atoms with Gasteiger partial charge in [-0.1, -0.05) is 6.07 Å². The maximum Gasteiger partial charge on any atom is 0.240 e. The molecule has 0 bridgehead atoms. The number of carbonyl (C=O) groups is 1. The highest BCUT2D eigenvalue weighted by Gasteiger charge is 2.24. The maximum atomic E-state index is 12.2. The van der Waals surface area contributed by atoms with E-state index in [0.29, 0.717) is 30.6 Å². The molecule has 0 spiro atoms. The molecule has 1 aromatic carbocycles. The number of sulfonamides is 1. The number of carbonyl (C=O) groups excluding carboxylic acids is 1. The van der Waals surface area contributed by atoms with Crippen LogP contribution in [0.1, 0.15) is 36.8 Å². The van der Waals surface area contributed by atoms with E-state index in [0.717, 1.165) is 11.1 Å². The lowest BCUT2D eigenvalue weighted by molar-refractivity contribution is -0.120. The van der Waals surface area contributed by atoms with Crippen molar-refractivity contribution >= 4 is 15.8 Å². The molecule has 0 unspecified atom stereocenters. The Kier molecular flexibility index (Phi) is 4.06. The third kappa shape index (κ3) is 3.42. The molecule has 1 fully saturated rings. The Morgan fingerprint density at radius 1 is 1.11 bits per heavy atom. The molecule has 1 aromatic rings. The topological polar surface area (TPSA) is 63.2 Å². The van der Waals surface area contributed by atoms with Crippen molar-refractivity contribution in [1.82, 2.24) is 4.72 Å². The summed E-state index contributed by atoms with van der Waals surface area (Å²) in [5, 5.41) is 0. The van der Waals surface area contributed by atoms with Crippen LogP contribution in [0.5, 0.6) is 0 Å². The lowest BCUT2D eigenvalue weighted by atomic mass is 9.95. The Hall–Kier alpha value is -1.20. The fraction of sp³-hybridized carbons (Fsp3) is 0.500. The van der Waals surface area contributed by atoms with Gasteiger partial charge in [0.05, 0.1) is 4.90 Å². The molecule has 0 heterocycles. The van der Waals surface area contributed by atoms with E-state index in [4.69, 9.17) is 0 Å². The van der Waals surface area contributed by atoms with Crippen molar-refractivity contribution in [1.29, 1.82) is 0 Å². The van der Waals surface area contributed by atoms with E-state index in [1.807, 2.05) is 19.9 Å². The molecule has 0 amide bonds. The quantitative estimate of drug-likeness (QED) is 0.922. The summed E-state index contributed by atoms with van der Waals surface area (Å²) in [5.74, 6) is 0.224. The summed E-state index contributed by atoms with van der Waals surface area (Å²) in [6, 6.07) is 5.00. The second kappa shape index (κ2) is 5.43. The van der Waals surface area contributed by atoms with Crippen LogP contribution in [0.3, 0.4) is 0 Å². The summed E-state index contributed by atoms with van der Waals surface area (Å²) < 4.78 is 27.2. The third-order valence-electron chi connectivity index (χ3n) is 3.65. The average Bonchev–Trinajstić information content (AvgIpc) is 2.35. The van der Waals surface area contributed by atoms with Gasteiger partial charge in [-0.3, -0.25) is 4.79 Å². The normalized spacial score (nSPS) is 17.7. The van der Waals surface area contributed by atoms with Crippen LogP contribution in [0.2, 0.25) is 0 Å². The zero-order valence-corrected chi connectivity index (χ0v) is 12.1. The van der Waals surface area contributed by atoms with Gasteiger partial charge >= 0.3 is 0 Å². The number of nitrogens with one attached hydrogen (secondary N) is 1. The number of hydrogen-bond acceptors (Lipinski definition) is 3. The monoisotopic (exact) mass is 281 g/mol. The molecule has 1 saturated carbocycles. The highest BCUT2D eigenvalue weighted by molar-refractivity contribution is 7.89. The van der Waals surface area contributed by atoms with Crippen LogP contribution < -0.4 is 4.72 Å². The first-order valence-electron chi connectivity index (χ1n) is 6.50. The SMILES string of the molecule is Cc1ccc(S(=O)(=O)NC2CCC(=O)CC2)cc1C. The summed E-state index contributed by atoms with van der Waals surface area (Å²) in [4.78, 5) is 11.4. The number of hydrogen-bond donors (Lipinski definition) is 1. The van der Waals surface area contributed by atoms with Crippen molar-refractivity contribution < 1.29 is 13.2 Å². The smallest absolute Gasteiger partial charge is 0.240 e. The molecule has 0 radical (unpaired) electrons. The van der Waals surface area contributed by atoms with Gasteiger partial charge in [-0.2, -0.15) is 0 Å². The summed E-state index contributed by atoms with van der Waals surface area (Å²) in [6.07, 6.45) is 2.14. The van der Waals surface area contributed by atoms with Gasteiger partial charge in [-0.25, -0.2) is 13.1 Å². The van der Waals surface area contributed by atoms with E-state index >= 15 is 0 Å². The fourth-order valence-electron chi connectivity index (χ4n) is 2.23. The summed E-state index contributed by atoms with van der Waals surface area (Å²) in [7, 11) is -3.48. The van der Waals surface area contributed by atoms with Gasteiger partial charge < -0.3 is 0 Å². The van der Waals surface area contributed by atoms with Gasteiger partial charge in [0.2, 0.25) is 10.0 Å². The molecule has 1 aliphatic carbocycles. The summed E-state index contributed by atoms with van der Waals surface area (Å²) >= 11 is 0. The zero-order chi connectivity index (χ0) is 14.0. The van der Waals surface area contributed by atoms with Gasteiger partial charge in [0.15, 0.2) is 0 Å². The van der Waals surface area contributed by atoms with E-state index < -0.39 is 10.0 Å². The molecule has 0 aromatic heterocycles. The minimum Gasteiger partial charge on any atom is -0.300 e. The van der Waals surface area contributed by atoms with Crippen LogP contribution in [0, 0.1) is 13.8 Å². The Balaban J connectivity index is 2.13. The summed E-state index contributed by atoms with van der Waals surface area (Å²) in [6.45, 7) is 3.85. The lowest BCUT2D eigenvalue weighted by Crippen LogP contribution is -2.37. The highest BCUT2D eigenvalue weighted by Crippen LogP contribution is 2.19. The van der Waals surface area contributed by atoms with E-state index in [1.165, 1.54) is 0 Å². The van der Waals surface area contributed by atoms with Crippen molar-refractivity contribution in [3.63, 3.8) is 0 Å². The first kappa shape index (κ1) is 14.2. The predicted octanol–water partition coefficient (Wildman–Crippen LogP) is 2.09. The Bertz CT molecular complexity index is 583. The van der Waals surface area contributed by atoms with E-state index in [2.05, 4.69) is 4.72 Å². The first-order valence-corrected chi connectivity index (χ1v) is 7.98. The van der Waals surface area contributed by atoms with Crippen molar-refractivity contribution in [3.8, 4) is 0 Å². The Labute approximate surface area is 114 Å². The molecule has 2 rings (SSSR count). The number of rotatable bonds is 3. The molecule has 19 heavy (non-hydrogen) atoms. The number of ketones is 1. The minimum atomic E-state index is -3.48. The maximum absolute atomic E-state index is 12.2. The van der Waals surface area contributed by atoms with Crippen LogP contribution in [-0.2, 0) is 14.8 Å². The predicted molar refractivity (Wildman–Crippen MR) is 73.5 cm³/mol. The molecular formula is C14H19NO3S. The van der Waals surface area contributed by atoms with Crippen molar-refractivity contribution in [2.24, 2.45) is 0 Å². The molecule has 104 valence electrons. The zero-order valence-electron chi connectivity index (χ0n) is 11.3. The third-order valence-corrected chi connectivity index (χ3v) is 5.17. The molecule has 0 aliphatic heterocycles. The number of Topliss-reactive ketones (excluding diaryl/α,β-unsaturated/α-hetero) is 1. The second-order valence-corrected chi connectivity index (χ2v) is 6.89. The lowest BCUT2D eigenvalue weighted by Gasteiger charge is -2.22. The molecule has 1 aliphatic rings. The van der Waals surface area contributed by atoms with E-state index in [1.54, 1.807) is 12.1 Å². The number of benzene rings is 1. The molecule has 1 N–H and O–H groups in total. The highest BCUT2D eigenvalue weighted by atomic mass is 32.2. The van der Waals surface area contributed by atoms with Crippen LogP contribution in [-0.4, -0.2) is 20.2 Å². The van der Waals surface area contributed by atoms with Gasteiger partial charge in [0.1, 0.15) is 5.78 Å². The molecular weight excluding hydrogens is 262 g/mol.